The van der Waals surface area contributed by atoms with Crippen molar-refractivity contribution in [3.05, 3.63) is 28.3 Å². The fourth-order valence-corrected chi connectivity index (χ4v) is 4.10. The Bertz CT molecular complexity index is 631. The van der Waals surface area contributed by atoms with E-state index in [-0.39, 0.29) is 12.0 Å². The Labute approximate surface area is 155 Å². The van der Waals surface area contributed by atoms with Crippen LogP contribution in [0.3, 0.4) is 0 Å². The van der Waals surface area contributed by atoms with Gasteiger partial charge in [0.15, 0.2) is 0 Å². The molecule has 1 aromatic rings. The third kappa shape index (κ3) is 4.27. The van der Waals surface area contributed by atoms with Crippen LogP contribution in [0, 0.1) is 12.8 Å². The summed E-state index contributed by atoms with van der Waals surface area (Å²) in [5.74, 6) is 0.441. The molecule has 2 aliphatic heterocycles. The van der Waals surface area contributed by atoms with E-state index in [0.29, 0.717) is 24.1 Å². The zero-order valence-corrected chi connectivity index (χ0v) is 15.9. The van der Waals surface area contributed by atoms with Crippen molar-refractivity contribution in [1.82, 2.24) is 9.80 Å². The van der Waals surface area contributed by atoms with Crippen LogP contribution in [-0.2, 0) is 16.1 Å². The van der Waals surface area contributed by atoms with Gasteiger partial charge >= 0.3 is 0 Å². The Morgan fingerprint density at radius 2 is 2.04 bits per heavy atom. The number of nitrogens with zero attached hydrogens (tertiary/aromatic N) is 2. The number of hydrogen-bond acceptors (Lipinski definition) is 4. The number of amides is 1. The molecule has 5 nitrogen and oxygen atoms in total. The average molecular weight is 366 g/mol. The van der Waals surface area contributed by atoms with Crippen molar-refractivity contribution in [2.45, 2.75) is 39.3 Å². The lowest BCUT2D eigenvalue weighted by Gasteiger charge is -2.42. The lowest BCUT2D eigenvalue weighted by atomic mass is 9.97. The topological polar surface area (TPSA) is 58.8 Å². The molecule has 0 aromatic heterocycles. The first-order chi connectivity index (χ1) is 12.0. The van der Waals surface area contributed by atoms with Crippen LogP contribution >= 0.6 is 11.6 Å². The van der Waals surface area contributed by atoms with E-state index in [9.17, 15) is 4.79 Å². The number of carbonyl (C=O) groups excluding carboxylic acids is 1. The molecule has 25 heavy (non-hydrogen) atoms. The standard InChI is InChI=1S/C19H28ClN3O2/c1-13-11-22(12-16-9-17(20)10-18(21)14(16)2)5-6-23(13)19(24)15-3-7-25-8-4-15/h9-10,13,15H,3-8,11-12,21H2,1-2H3. The minimum atomic E-state index is 0.137. The highest BCUT2D eigenvalue weighted by molar-refractivity contribution is 6.31. The van der Waals surface area contributed by atoms with Crippen LogP contribution in [-0.4, -0.2) is 54.6 Å². The van der Waals surface area contributed by atoms with Crippen molar-refractivity contribution in [2.75, 3.05) is 38.6 Å². The Kier molecular flexibility index (Phi) is 5.87. The smallest absolute Gasteiger partial charge is 0.226 e. The number of carbonyl (C=O) groups is 1. The molecule has 2 heterocycles. The van der Waals surface area contributed by atoms with Crippen LogP contribution in [0.4, 0.5) is 5.69 Å². The number of nitrogen functional groups attached to an aromatic ring is 1. The van der Waals surface area contributed by atoms with Gasteiger partial charge in [0.1, 0.15) is 0 Å². The van der Waals surface area contributed by atoms with Gasteiger partial charge in [-0.15, -0.1) is 0 Å². The van der Waals surface area contributed by atoms with Crippen LogP contribution in [0.1, 0.15) is 30.9 Å². The predicted octanol–water partition coefficient (Wildman–Crippen LogP) is 2.69. The Morgan fingerprint density at radius 3 is 2.72 bits per heavy atom. The largest absolute Gasteiger partial charge is 0.398 e. The van der Waals surface area contributed by atoms with E-state index >= 15 is 0 Å². The quantitative estimate of drug-likeness (QED) is 0.837. The van der Waals surface area contributed by atoms with Gasteiger partial charge < -0.3 is 15.4 Å². The van der Waals surface area contributed by atoms with Crippen LogP contribution in [0.5, 0.6) is 0 Å². The minimum Gasteiger partial charge on any atom is -0.398 e. The monoisotopic (exact) mass is 365 g/mol. The maximum Gasteiger partial charge on any atom is 0.226 e. The highest BCUT2D eigenvalue weighted by Gasteiger charge is 2.32. The van der Waals surface area contributed by atoms with E-state index in [4.69, 9.17) is 22.1 Å². The minimum absolute atomic E-state index is 0.137. The lowest BCUT2D eigenvalue weighted by Crippen LogP contribution is -2.55. The second-order valence-corrected chi connectivity index (χ2v) is 7.72. The number of nitrogens with two attached hydrogens (primary N) is 1. The van der Waals surface area contributed by atoms with E-state index in [1.165, 1.54) is 5.56 Å². The van der Waals surface area contributed by atoms with Crippen molar-refractivity contribution >= 4 is 23.2 Å². The molecule has 3 rings (SSSR count). The Hall–Kier alpha value is -1.30. The highest BCUT2D eigenvalue weighted by atomic mass is 35.5. The molecule has 0 spiro atoms. The molecule has 1 amide bonds. The maximum atomic E-state index is 12.8. The Morgan fingerprint density at radius 1 is 1.32 bits per heavy atom. The zero-order chi connectivity index (χ0) is 18.0. The fourth-order valence-electron chi connectivity index (χ4n) is 3.85. The van der Waals surface area contributed by atoms with Gasteiger partial charge in [0, 0.05) is 62.1 Å². The van der Waals surface area contributed by atoms with Crippen molar-refractivity contribution in [1.29, 1.82) is 0 Å². The van der Waals surface area contributed by atoms with Gasteiger partial charge in [0.25, 0.3) is 0 Å². The number of rotatable bonds is 3. The second-order valence-electron chi connectivity index (χ2n) is 7.28. The summed E-state index contributed by atoms with van der Waals surface area (Å²) in [6.45, 7) is 8.96. The summed E-state index contributed by atoms with van der Waals surface area (Å²) in [4.78, 5) is 17.2. The van der Waals surface area contributed by atoms with Gasteiger partial charge in [-0.25, -0.2) is 0 Å². The number of piperazine rings is 1. The van der Waals surface area contributed by atoms with Gasteiger partial charge in [-0.05, 0) is 49.9 Å². The molecule has 0 bridgehead atoms. The molecule has 1 unspecified atom stereocenters. The van der Waals surface area contributed by atoms with Gasteiger partial charge in [-0.1, -0.05) is 11.6 Å². The van der Waals surface area contributed by atoms with Crippen LogP contribution in [0.2, 0.25) is 5.02 Å². The van der Waals surface area contributed by atoms with Crippen molar-refractivity contribution in [3.8, 4) is 0 Å². The van der Waals surface area contributed by atoms with Gasteiger partial charge in [0.05, 0.1) is 0 Å². The molecule has 2 fully saturated rings. The first kappa shape index (κ1) is 18.5. The molecule has 0 aliphatic carbocycles. The second kappa shape index (κ2) is 7.94. The van der Waals surface area contributed by atoms with E-state index in [1.807, 2.05) is 13.0 Å². The predicted molar refractivity (Wildman–Crippen MR) is 101 cm³/mol. The molecule has 0 radical (unpaired) electrons. The number of ether oxygens (including phenoxy) is 1. The van der Waals surface area contributed by atoms with Crippen LogP contribution in [0.15, 0.2) is 12.1 Å². The zero-order valence-electron chi connectivity index (χ0n) is 15.1. The van der Waals surface area contributed by atoms with E-state index in [2.05, 4.69) is 16.7 Å². The maximum absolute atomic E-state index is 12.8. The van der Waals surface area contributed by atoms with Gasteiger partial charge in [-0.3, -0.25) is 9.69 Å². The normalized spacial score (nSPS) is 23.0. The molecule has 6 heteroatoms. The molecular weight excluding hydrogens is 338 g/mol. The summed E-state index contributed by atoms with van der Waals surface area (Å²) < 4.78 is 5.38. The van der Waals surface area contributed by atoms with Gasteiger partial charge in [-0.2, -0.15) is 0 Å². The van der Waals surface area contributed by atoms with Gasteiger partial charge in [0.2, 0.25) is 5.91 Å². The molecular formula is C19H28ClN3O2. The molecule has 1 aromatic carbocycles. The fraction of sp³-hybridized carbons (Fsp3) is 0.632. The average Bonchev–Trinajstić information content (AvgIpc) is 2.59. The van der Waals surface area contributed by atoms with Crippen molar-refractivity contribution in [2.24, 2.45) is 5.92 Å². The van der Waals surface area contributed by atoms with Crippen molar-refractivity contribution < 1.29 is 9.53 Å². The Balaban J connectivity index is 1.61. The molecule has 0 saturated carbocycles. The number of benzene rings is 1. The summed E-state index contributed by atoms with van der Waals surface area (Å²) in [6, 6.07) is 4.02. The van der Waals surface area contributed by atoms with Crippen LogP contribution in [0.25, 0.3) is 0 Å². The third-order valence-electron chi connectivity index (χ3n) is 5.48. The summed E-state index contributed by atoms with van der Waals surface area (Å²) in [7, 11) is 0. The molecule has 2 N–H and O–H groups in total. The number of hydrogen-bond donors (Lipinski definition) is 1. The van der Waals surface area contributed by atoms with E-state index in [1.54, 1.807) is 6.07 Å². The number of anilines is 1. The van der Waals surface area contributed by atoms with E-state index < -0.39 is 0 Å². The van der Waals surface area contributed by atoms with E-state index in [0.717, 1.165) is 50.3 Å². The lowest BCUT2D eigenvalue weighted by molar-refractivity contribution is -0.143. The summed E-state index contributed by atoms with van der Waals surface area (Å²) in [5, 5.41) is 0.680. The summed E-state index contributed by atoms with van der Waals surface area (Å²) in [6.07, 6.45) is 1.71. The summed E-state index contributed by atoms with van der Waals surface area (Å²) in [5.41, 5.74) is 9.04. The first-order valence-electron chi connectivity index (χ1n) is 9.10. The molecule has 2 saturated heterocycles. The first-order valence-corrected chi connectivity index (χ1v) is 9.48. The molecule has 138 valence electrons. The molecule has 1 atom stereocenters. The SMILES string of the molecule is Cc1c(N)cc(Cl)cc1CN1CCN(C(=O)C2CCOCC2)C(C)C1. The third-order valence-corrected chi connectivity index (χ3v) is 5.70. The molecule has 2 aliphatic rings. The highest BCUT2D eigenvalue weighted by Crippen LogP contribution is 2.25. The van der Waals surface area contributed by atoms with Crippen molar-refractivity contribution in [3.63, 3.8) is 0 Å². The number of halogens is 1. The summed E-state index contributed by atoms with van der Waals surface area (Å²) >= 11 is 6.16. The van der Waals surface area contributed by atoms with Crippen LogP contribution < -0.4 is 5.73 Å².